The molecule has 0 atom stereocenters. The number of hydrogen-bond acceptors (Lipinski definition) is 0. The maximum absolute atomic E-state index is 2.54. The van der Waals surface area contributed by atoms with Crippen molar-refractivity contribution in [1.82, 2.24) is 0 Å². The van der Waals surface area contributed by atoms with E-state index in [1.807, 2.05) is 0 Å². The Morgan fingerprint density at radius 3 is 1.53 bits per heavy atom. The first-order valence-electron chi connectivity index (χ1n) is 17.6. The summed E-state index contributed by atoms with van der Waals surface area (Å²) in [7, 11) is 0. The van der Waals surface area contributed by atoms with Gasteiger partial charge in [-0.3, -0.25) is 0 Å². The summed E-state index contributed by atoms with van der Waals surface area (Å²) in [5.74, 6) is 0.522. The molecule has 0 N–H and O–H groups in total. The normalized spacial score (nSPS) is 16.7. The number of fused-ring (bicyclic) bond motifs is 8. The molecule has 0 saturated carbocycles. The van der Waals surface area contributed by atoms with Gasteiger partial charge in [0.15, 0.2) is 0 Å². The van der Waals surface area contributed by atoms with Gasteiger partial charge in [0, 0.05) is 5.41 Å². The number of rotatable bonds is 4. The summed E-state index contributed by atoms with van der Waals surface area (Å²) in [6.45, 7) is 9.41. The van der Waals surface area contributed by atoms with Crippen LogP contribution >= 0.6 is 0 Å². The topological polar surface area (TPSA) is 0 Å². The molecule has 0 bridgehead atoms. The predicted molar refractivity (Wildman–Crippen MR) is 196 cm³/mol. The van der Waals surface area contributed by atoms with Crippen molar-refractivity contribution in [3.8, 4) is 33.4 Å². The molecular weight excluding hydrogens is 565 g/mol. The fraction of sp³-hybridized carbons (Fsp3) is 0.234. The highest BCUT2D eigenvalue weighted by Gasteiger charge is 2.47. The molecule has 0 heterocycles. The van der Waals surface area contributed by atoms with E-state index in [0.29, 0.717) is 5.92 Å². The predicted octanol–water partition coefficient (Wildman–Crippen LogP) is 11.3. The van der Waals surface area contributed by atoms with Crippen LogP contribution in [-0.2, 0) is 36.5 Å². The Balaban J connectivity index is 1.19. The van der Waals surface area contributed by atoms with E-state index >= 15 is 0 Å². The first kappa shape index (κ1) is 27.4. The Hall–Kier alpha value is -4.68. The second-order valence-corrected chi connectivity index (χ2v) is 15.4. The van der Waals surface area contributed by atoms with Gasteiger partial charge in [0.05, 0.1) is 5.41 Å². The average molecular weight is 605 g/mol. The lowest BCUT2D eigenvalue weighted by atomic mass is 9.65. The van der Waals surface area contributed by atoms with Crippen molar-refractivity contribution in [2.45, 2.75) is 70.1 Å². The van der Waals surface area contributed by atoms with Gasteiger partial charge in [-0.25, -0.2) is 0 Å². The highest BCUT2D eigenvalue weighted by Crippen LogP contribution is 2.58. The molecule has 6 aromatic rings. The van der Waals surface area contributed by atoms with Crippen LogP contribution in [0.25, 0.3) is 33.4 Å². The molecule has 4 aliphatic carbocycles. The lowest BCUT2D eigenvalue weighted by Gasteiger charge is -2.37. The van der Waals surface area contributed by atoms with E-state index in [9.17, 15) is 0 Å². The van der Waals surface area contributed by atoms with E-state index in [2.05, 4.69) is 143 Å². The van der Waals surface area contributed by atoms with Gasteiger partial charge in [-0.2, -0.15) is 0 Å². The molecule has 0 amide bonds. The van der Waals surface area contributed by atoms with E-state index in [4.69, 9.17) is 0 Å². The van der Waals surface area contributed by atoms with Gasteiger partial charge in [-0.1, -0.05) is 131 Å². The zero-order valence-electron chi connectivity index (χ0n) is 27.9. The van der Waals surface area contributed by atoms with Gasteiger partial charge in [0.1, 0.15) is 0 Å². The maximum atomic E-state index is 2.54. The number of benzene rings is 6. The van der Waals surface area contributed by atoms with Crippen molar-refractivity contribution in [2.24, 2.45) is 0 Å². The van der Waals surface area contributed by atoms with Crippen molar-refractivity contribution < 1.29 is 0 Å². The fourth-order valence-corrected chi connectivity index (χ4v) is 9.40. The van der Waals surface area contributed by atoms with Gasteiger partial charge in [-0.05, 0) is 138 Å². The van der Waals surface area contributed by atoms with Crippen LogP contribution in [0.15, 0.2) is 115 Å². The van der Waals surface area contributed by atoms with Crippen molar-refractivity contribution in [2.75, 3.05) is 0 Å². The summed E-state index contributed by atoms with van der Waals surface area (Å²) >= 11 is 0. The molecule has 0 heteroatoms. The van der Waals surface area contributed by atoms with Crippen LogP contribution in [0, 0.1) is 0 Å². The minimum Gasteiger partial charge on any atom is -0.0619 e. The van der Waals surface area contributed by atoms with Gasteiger partial charge < -0.3 is 0 Å². The van der Waals surface area contributed by atoms with Crippen molar-refractivity contribution in [3.63, 3.8) is 0 Å². The smallest absolute Gasteiger partial charge is 0.0619 e. The Kier molecular flexibility index (Phi) is 5.51. The minimum absolute atomic E-state index is 0.0416. The quantitative estimate of drug-likeness (QED) is 0.187. The van der Waals surface area contributed by atoms with Gasteiger partial charge in [0.25, 0.3) is 0 Å². The molecule has 0 spiro atoms. The average Bonchev–Trinajstić information content (AvgIpc) is 3.47. The van der Waals surface area contributed by atoms with Crippen molar-refractivity contribution in [3.05, 3.63) is 176 Å². The Morgan fingerprint density at radius 2 is 0.957 bits per heavy atom. The lowest BCUT2D eigenvalue weighted by Crippen LogP contribution is -2.30. The Morgan fingerprint density at radius 1 is 0.447 bits per heavy atom. The van der Waals surface area contributed by atoms with Crippen molar-refractivity contribution in [1.29, 1.82) is 0 Å². The van der Waals surface area contributed by atoms with Crippen LogP contribution in [0.3, 0.4) is 0 Å². The van der Waals surface area contributed by atoms with Crippen LogP contribution in [-0.4, -0.2) is 0 Å². The van der Waals surface area contributed by atoms with E-state index in [-0.39, 0.29) is 10.8 Å². The Bertz CT molecular complexity index is 2250. The first-order valence-corrected chi connectivity index (χ1v) is 17.6. The third-order valence-electron chi connectivity index (χ3n) is 12.4. The first-order chi connectivity index (χ1) is 22.8. The molecule has 0 radical (unpaired) electrons. The summed E-state index contributed by atoms with van der Waals surface area (Å²) in [5.41, 5.74) is 23.8. The summed E-state index contributed by atoms with van der Waals surface area (Å²) in [6.07, 6.45) is 4.78. The van der Waals surface area contributed by atoms with E-state index < -0.39 is 0 Å². The van der Waals surface area contributed by atoms with Crippen LogP contribution in [0.2, 0.25) is 0 Å². The summed E-state index contributed by atoms with van der Waals surface area (Å²) in [5, 5.41) is 0. The highest BCUT2D eigenvalue weighted by atomic mass is 14.5. The second-order valence-electron chi connectivity index (χ2n) is 15.4. The van der Waals surface area contributed by atoms with Crippen LogP contribution in [0.5, 0.6) is 0 Å². The molecule has 0 nitrogen and oxygen atoms in total. The molecule has 6 aromatic carbocycles. The lowest BCUT2D eigenvalue weighted by molar-refractivity contribution is 0.658. The molecule has 10 rings (SSSR count). The third kappa shape index (κ3) is 3.59. The van der Waals surface area contributed by atoms with Gasteiger partial charge >= 0.3 is 0 Å². The van der Waals surface area contributed by atoms with Crippen LogP contribution in [0.4, 0.5) is 0 Å². The molecule has 0 unspecified atom stereocenters. The van der Waals surface area contributed by atoms with Crippen LogP contribution < -0.4 is 0 Å². The minimum atomic E-state index is -0.351. The standard InChI is InChI=1S/C47H40/c1-28(2)31-15-20-39-40-21-16-34(26-44(40)46(3,4)43(39)25-31)35-17-22-41-38-7-5-6-8-42(38)47(45(41)27-35,36-18-13-29-9-11-32(29)23-36)37-19-14-30-10-12-33(30)24-37/h5-8,13-28H,9-12H2,1-4H3. The van der Waals surface area contributed by atoms with Crippen LogP contribution in [0.1, 0.15) is 94.8 Å². The van der Waals surface area contributed by atoms with E-state index in [1.165, 1.54) is 120 Å². The molecule has 0 fully saturated rings. The number of aryl methyl sites for hydroxylation is 4. The molecular formula is C47H40. The molecule has 0 aromatic heterocycles. The van der Waals surface area contributed by atoms with Crippen molar-refractivity contribution >= 4 is 0 Å². The fourth-order valence-electron chi connectivity index (χ4n) is 9.40. The summed E-state index contributed by atoms with van der Waals surface area (Å²) < 4.78 is 0. The second kappa shape index (κ2) is 9.45. The molecule has 47 heavy (non-hydrogen) atoms. The largest absolute Gasteiger partial charge is 0.0713 e. The molecule has 4 aliphatic rings. The zero-order valence-corrected chi connectivity index (χ0v) is 27.9. The van der Waals surface area contributed by atoms with Gasteiger partial charge in [0.2, 0.25) is 0 Å². The highest BCUT2D eigenvalue weighted by molar-refractivity contribution is 5.90. The number of hydrogen-bond donors (Lipinski definition) is 0. The Labute approximate surface area is 279 Å². The molecule has 0 aliphatic heterocycles. The monoisotopic (exact) mass is 604 g/mol. The molecule has 0 saturated heterocycles. The summed E-state index contributed by atoms with van der Waals surface area (Å²) in [6, 6.07) is 45.7. The maximum Gasteiger partial charge on any atom is 0.0713 e. The van der Waals surface area contributed by atoms with E-state index in [1.54, 1.807) is 0 Å². The zero-order chi connectivity index (χ0) is 31.7. The molecule has 228 valence electrons. The van der Waals surface area contributed by atoms with E-state index in [0.717, 1.165) is 0 Å². The van der Waals surface area contributed by atoms with Gasteiger partial charge in [-0.15, -0.1) is 0 Å². The SMILES string of the molecule is CC(C)c1ccc2c(c1)C(C)(C)c1cc(-c3ccc4c(c3)C(c3ccc5c(c3)CC5)(c3ccc5c(c3)CC5)c3ccccc3-4)ccc1-2. The third-order valence-corrected chi connectivity index (χ3v) is 12.4. The summed E-state index contributed by atoms with van der Waals surface area (Å²) in [4.78, 5) is 0.